The van der Waals surface area contributed by atoms with Crippen LogP contribution in [0.15, 0.2) is 12.4 Å². The molecule has 0 bridgehead atoms. The number of methoxy groups -OCH3 is 1. The van der Waals surface area contributed by atoms with Crippen molar-refractivity contribution in [2.75, 3.05) is 33.4 Å². The maximum atomic E-state index is 11.8. The number of carbonyl (C=O) groups is 2. The number of aryl methyl sites for hydroxylation is 1. The number of nitrogens with one attached hydrogen (secondary N) is 1. The van der Waals surface area contributed by atoms with E-state index in [1.165, 1.54) is 12.0 Å². The fourth-order valence-corrected chi connectivity index (χ4v) is 1.52. The third-order valence-corrected chi connectivity index (χ3v) is 2.49. The van der Waals surface area contributed by atoms with Gasteiger partial charge in [0, 0.05) is 32.9 Å². The summed E-state index contributed by atoms with van der Waals surface area (Å²) in [5.41, 5.74) is 0. The fourth-order valence-electron chi connectivity index (χ4n) is 1.52. The van der Waals surface area contributed by atoms with Crippen molar-refractivity contribution in [3.63, 3.8) is 0 Å². The minimum absolute atomic E-state index is 0.234. The quantitative estimate of drug-likeness (QED) is 0.587. The van der Waals surface area contributed by atoms with Gasteiger partial charge in [0.25, 0.3) is 0 Å². The van der Waals surface area contributed by atoms with E-state index >= 15 is 0 Å². The fraction of sp³-hybridized carbons (Fsp3) is 0.636. The number of urea groups is 1. The van der Waals surface area contributed by atoms with Crippen LogP contribution in [-0.4, -0.2) is 70.4 Å². The molecule has 0 radical (unpaired) electrons. The SMILES string of the molecule is COCCN(CC(=O)O)C(=O)NCCCn1ccnn1. The number of amides is 2. The van der Waals surface area contributed by atoms with Crippen LogP contribution in [0.2, 0.25) is 0 Å². The smallest absolute Gasteiger partial charge is 0.323 e. The van der Waals surface area contributed by atoms with Crippen LogP contribution in [0, 0.1) is 0 Å². The number of rotatable bonds is 9. The molecule has 9 heteroatoms. The molecule has 2 amide bonds. The van der Waals surface area contributed by atoms with Gasteiger partial charge in [-0.1, -0.05) is 5.21 Å². The van der Waals surface area contributed by atoms with E-state index in [0.29, 0.717) is 26.1 Å². The Labute approximate surface area is 116 Å². The van der Waals surface area contributed by atoms with Crippen LogP contribution >= 0.6 is 0 Å². The van der Waals surface area contributed by atoms with Gasteiger partial charge in [0.15, 0.2) is 0 Å². The third kappa shape index (κ3) is 6.14. The Morgan fingerprint density at radius 1 is 1.50 bits per heavy atom. The summed E-state index contributed by atoms with van der Waals surface area (Å²) in [4.78, 5) is 23.7. The molecule has 0 spiro atoms. The molecular formula is C11H19N5O4. The van der Waals surface area contributed by atoms with Gasteiger partial charge < -0.3 is 20.1 Å². The third-order valence-electron chi connectivity index (χ3n) is 2.49. The first-order chi connectivity index (χ1) is 9.63. The Kier molecular flexibility index (Phi) is 7.04. The van der Waals surface area contributed by atoms with Crippen molar-refractivity contribution < 1.29 is 19.4 Å². The number of hydrogen-bond acceptors (Lipinski definition) is 5. The van der Waals surface area contributed by atoms with E-state index in [0.717, 1.165) is 0 Å². The number of aromatic nitrogens is 3. The number of nitrogens with zero attached hydrogens (tertiary/aromatic N) is 4. The molecule has 1 rings (SSSR count). The molecule has 1 aromatic rings. The normalized spacial score (nSPS) is 10.2. The van der Waals surface area contributed by atoms with Gasteiger partial charge in [-0.25, -0.2) is 4.79 Å². The van der Waals surface area contributed by atoms with E-state index in [1.54, 1.807) is 17.1 Å². The van der Waals surface area contributed by atoms with Crippen LogP contribution < -0.4 is 5.32 Å². The highest BCUT2D eigenvalue weighted by atomic mass is 16.5. The first kappa shape index (κ1) is 15.9. The minimum Gasteiger partial charge on any atom is -0.480 e. The van der Waals surface area contributed by atoms with Gasteiger partial charge in [-0.3, -0.25) is 9.48 Å². The van der Waals surface area contributed by atoms with Crippen LogP contribution in [0.4, 0.5) is 4.79 Å². The molecule has 0 aliphatic rings. The molecule has 0 saturated heterocycles. The lowest BCUT2D eigenvalue weighted by molar-refractivity contribution is -0.137. The van der Waals surface area contributed by atoms with Crippen LogP contribution in [0.5, 0.6) is 0 Å². The predicted octanol–water partition coefficient (Wildman–Crippen LogP) is -0.589. The molecule has 0 aliphatic heterocycles. The van der Waals surface area contributed by atoms with Gasteiger partial charge >= 0.3 is 12.0 Å². The summed E-state index contributed by atoms with van der Waals surface area (Å²) in [6, 6.07) is -0.414. The molecule has 0 aromatic carbocycles. The first-order valence-corrected chi connectivity index (χ1v) is 6.21. The second kappa shape index (κ2) is 8.86. The molecule has 1 heterocycles. The van der Waals surface area contributed by atoms with E-state index in [4.69, 9.17) is 9.84 Å². The van der Waals surface area contributed by atoms with Crippen molar-refractivity contribution in [1.29, 1.82) is 0 Å². The summed E-state index contributed by atoms with van der Waals surface area (Å²) in [5, 5.41) is 18.9. The molecule has 0 aliphatic carbocycles. The van der Waals surface area contributed by atoms with Crippen LogP contribution in [0.3, 0.4) is 0 Å². The zero-order valence-electron chi connectivity index (χ0n) is 11.4. The highest BCUT2D eigenvalue weighted by Gasteiger charge is 2.15. The molecule has 0 unspecified atom stereocenters. The number of carbonyl (C=O) groups excluding carboxylic acids is 1. The minimum atomic E-state index is -1.06. The van der Waals surface area contributed by atoms with Crippen LogP contribution in [0.25, 0.3) is 0 Å². The Balaban J connectivity index is 2.27. The summed E-state index contributed by atoms with van der Waals surface area (Å²) in [7, 11) is 1.50. The molecule has 9 nitrogen and oxygen atoms in total. The van der Waals surface area contributed by atoms with Crippen molar-refractivity contribution in [2.24, 2.45) is 0 Å². The van der Waals surface area contributed by atoms with Gasteiger partial charge in [0.2, 0.25) is 0 Å². The highest BCUT2D eigenvalue weighted by Crippen LogP contribution is 1.92. The van der Waals surface area contributed by atoms with E-state index in [1.807, 2.05) is 0 Å². The zero-order chi connectivity index (χ0) is 14.8. The molecule has 112 valence electrons. The molecule has 2 N–H and O–H groups in total. The van der Waals surface area contributed by atoms with Crippen LogP contribution in [0.1, 0.15) is 6.42 Å². The lowest BCUT2D eigenvalue weighted by Gasteiger charge is -2.20. The van der Waals surface area contributed by atoms with Crippen molar-refractivity contribution in [2.45, 2.75) is 13.0 Å². The number of ether oxygens (including phenoxy) is 1. The average molecular weight is 285 g/mol. The number of carboxylic acids is 1. The first-order valence-electron chi connectivity index (χ1n) is 6.21. The van der Waals surface area contributed by atoms with Crippen molar-refractivity contribution in [3.8, 4) is 0 Å². The summed E-state index contributed by atoms with van der Waals surface area (Å²) in [5.74, 6) is -1.06. The summed E-state index contributed by atoms with van der Waals surface area (Å²) >= 11 is 0. The molecule has 0 atom stereocenters. The summed E-state index contributed by atoms with van der Waals surface area (Å²) < 4.78 is 6.50. The monoisotopic (exact) mass is 285 g/mol. The maximum absolute atomic E-state index is 11.8. The van der Waals surface area contributed by atoms with Crippen molar-refractivity contribution in [3.05, 3.63) is 12.4 Å². The Bertz CT molecular complexity index is 409. The van der Waals surface area contributed by atoms with Crippen molar-refractivity contribution in [1.82, 2.24) is 25.2 Å². The Morgan fingerprint density at radius 3 is 2.90 bits per heavy atom. The van der Waals surface area contributed by atoms with E-state index in [2.05, 4.69) is 15.6 Å². The number of hydrogen-bond donors (Lipinski definition) is 2. The lowest BCUT2D eigenvalue weighted by atomic mass is 10.4. The van der Waals surface area contributed by atoms with Gasteiger partial charge in [0.1, 0.15) is 6.54 Å². The second-order valence-electron chi connectivity index (χ2n) is 4.06. The van der Waals surface area contributed by atoms with E-state index in [-0.39, 0.29) is 13.1 Å². The number of aliphatic carboxylic acids is 1. The maximum Gasteiger partial charge on any atom is 0.323 e. The molecule has 0 fully saturated rings. The molecule has 20 heavy (non-hydrogen) atoms. The standard InChI is InChI=1S/C11H19N5O4/c1-20-8-7-15(9-10(17)18)11(19)12-3-2-5-16-6-4-13-14-16/h4,6H,2-3,5,7-9H2,1H3,(H,12,19)(H,17,18). The summed E-state index contributed by atoms with van der Waals surface area (Å²) in [6.07, 6.45) is 4.00. The zero-order valence-corrected chi connectivity index (χ0v) is 11.4. The van der Waals surface area contributed by atoms with Crippen molar-refractivity contribution >= 4 is 12.0 Å². The van der Waals surface area contributed by atoms with Gasteiger partial charge in [0.05, 0.1) is 12.8 Å². The largest absolute Gasteiger partial charge is 0.480 e. The number of carboxylic acid groups (broad SMARTS) is 1. The van der Waals surface area contributed by atoms with Gasteiger partial charge in [-0.2, -0.15) is 0 Å². The second-order valence-corrected chi connectivity index (χ2v) is 4.06. The Morgan fingerprint density at radius 2 is 2.30 bits per heavy atom. The average Bonchev–Trinajstić information content (AvgIpc) is 2.92. The molecule has 0 saturated carbocycles. The lowest BCUT2D eigenvalue weighted by Crippen LogP contribution is -2.44. The Hall–Kier alpha value is -2.16. The van der Waals surface area contributed by atoms with Gasteiger partial charge in [-0.05, 0) is 6.42 Å². The van der Waals surface area contributed by atoms with E-state index in [9.17, 15) is 9.59 Å². The topological polar surface area (TPSA) is 110 Å². The highest BCUT2D eigenvalue weighted by molar-refractivity contribution is 5.80. The van der Waals surface area contributed by atoms with E-state index < -0.39 is 12.0 Å². The van der Waals surface area contributed by atoms with Gasteiger partial charge in [-0.15, -0.1) is 5.10 Å². The molecule has 1 aromatic heterocycles. The summed E-state index contributed by atoms with van der Waals surface area (Å²) in [6.45, 7) is 1.24. The van der Waals surface area contributed by atoms with Crippen LogP contribution in [-0.2, 0) is 16.1 Å². The molecular weight excluding hydrogens is 266 g/mol. The predicted molar refractivity (Wildman–Crippen MR) is 69.1 cm³/mol.